The number of aromatic nitrogens is 1. The fraction of sp³-hybridized carbons (Fsp3) is 0.0159. The van der Waals surface area contributed by atoms with E-state index in [1.165, 1.54) is 87.6 Å². The van der Waals surface area contributed by atoms with Gasteiger partial charge in [0.05, 0.1) is 27.9 Å². The Morgan fingerprint density at radius 1 is 0.358 bits per heavy atom. The SMILES string of the molecule is c1ccc(N(c2ccc3cc4c5cccc6c7cc8ccc(N(c9ccccc9)c9cccc%10c9oc9ccccc9%10)cc8cc7n(c4cc3c2)c56)c2cccc3c2Cc2ccccc2-3)cc1. The molecule has 0 aliphatic heterocycles. The largest absolute Gasteiger partial charge is 0.454 e. The van der Waals surface area contributed by atoms with E-state index >= 15 is 0 Å². The molecular weight excluding hydrogens is 815 g/mol. The monoisotopic (exact) mass is 853 g/mol. The van der Waals surface area contributed by atoms with Gasteiger partial charge in [-0.15, -0.1) is 0 Å². The van der Waals surface area contributed by atoms with E-state index in [-0.39, 0.29) is 0 Å². The van der Waals surface area contributed by atoms with E-state index < -0.39 is 0 Å². The number of rotatable bonds is 6. The summed E-state index contributed by atoms with van der Waals surface area (Å²) in [5.74, 6) is 0. The van der Waals surface area contributed by atoms with Crippen molar-refractivity contribution in [1.29, 1.82) is 0 Å². The maximum Gasteiger partial charge on any atom is 0.159 e. The second kappa shape index (κ2) is 13.8. The predicted octanol–water partition coefficient (Wildman–Crippen LogP) is 17.6. The highest BCUT2D eigenvalue weighted by molar-refractivity contribution is 6.26. The van der Waals surface area contributed by atoms with Crippen LogP contribution < -0.4 is 9.80 Å². The van der Waals surface area contributed by atoms with Gasteiger partial charge in [0, 0.05) is 61.5 Å². The molecule has 312 valence electrons. The van der Waals surface area contributed by atoms with Crippen LogP contribution in [-0.4, -0.2) is 4.40 Å². The molecule has 3 aromatic heterocycles. The molecule has 4 heteroatoms. The van der Waals surface area contributed by atoms with Gasteiger partial charge in [-0.05, 0) is 135 Å². The lowest BCUT2D eigenvalue weighted by Crippen LogP contribution is -2.12. The molecule has 11 aromatic carbocycles. The third kappa shape index (κ3) is 5.29. The van der Waals surface area contributed by atoms with E-state index in [1.54, 1.807) is 0 Å². The van der Waals surface area contributed by atoms with Crippen LogP contribution in [0.25, 0.3) is 92.7 Å². The van der Waals surface area contributed by atoms with Crippen molar-refractivity contribution in [2.45, 2.75) is 6.42 Å². The number of furan rings is 1. The maximum absolute atomic E-state index is 6.63. The van der Waals surface area contributed by atoms with E-state index in [0.717, 1.165) is 56.8 Å². The zero-order valence-electron chi connectivity index (χ0n) is 36.3. The zero-order valence-corrected chi connectivity index (χ0v) is 36.3. The predicted molar refractivity (Wildman–Crippen MR) is 281 cm³/mol. The summed E-state index contributed by atoms with van der Waals surface area (Å²) in [7, 11) is 0. The highest BCUT2D eigenvalue weighted by Gasteiger charge is 2.26. The molecule has 0 N–H and O–H groups in total. The van der Waals surface area contributed by atoms with Gasteiger partial charge in [-0.2, -0.15) is 0 Å². The Balaban J connectivity index is 0.924. The molecule has 15 rings (SSSR count). The molecule has 0 saturated carbocycles. The Morgan fingerprint density at radius 3 is 1.60 bits per heavy atom. The Bertz CT molecular complexity index is 4320. The molecule has 0 amide bonds. The maximum atomic E-state index is 6.63. The van der Waals surface area contributed by atoms with Crippen LogP contribution in [0.5, 0.6) is 0 Å². The average Bonchev–Trinajstić information content (AvgIpc) is 4.14. The standard InChI is InChI=1S/C63H39N3O/c1-3-15-44(16-4-1)64(57-25-12-21-49-48-19-8-7-14-41(48)36-54(49)57)46-30-28-39-34-55-51-22-11-23-52-56-35-40-29-31-47(33-43(40)38-60(56)66(62(51)52)59(55)37-42(39)32-46)65(45-17-5-2-6-18-45)58-26-13-24-53-50-20-9-10-27-61(50)67-63(53)58/h1-35,37-38H,36H2. The number of para-hydroxylation sites is 5. The molecule has 0 saturated heterocycles. The molecule has 0 atom stereocenters. The average molecular weight is 854 g/mol. The van der Waals surface area contributed by atoms with Gasteiger partial charge in [-0.3, -0.25) is 0 Å². The van der Waals surface area contributed by atoms with Crippen LogP contribution in [0.3, 0.4) is 0 Å². The number of hydrogen-bond donors (Lipinski definition) is 0. The van der Waals surface area contributed by atoms with E-state index in [9.17, 15) is 0 Å². The molecule has 0 unspecified atom stereocenters. The first-order valence-electron chi connectivity index (χ1n) is 23.1. The molecule has 0 spiro atoms. The Labute approximate surface area is 385 Å². The normalized spacial score (nSPS) is 12.4. The van der Waals surface area contributed by atoms with E-state index in [4.69, 9.17) is 4.42 Å². The van der Waals surface area contributed by atoms with Crippen LogP contribution in [0.4, 0.5) is 34.1 Å². The molecule has 0 radical (unpaired) electrons. The quantitative estimate of drug-likeness (QED) is 0.167. The second-order valence-corrected chi connectivity index (χ2v) is 18.1. The summed E-state index contributed by atoms with van der Waals surface area (Å²) in [5.41, 5.74) is 17.5. The van der Waals surface area contributed by atoms with Crippen molar-refractivity contribution in [2.75, 3.05) is 9.80 Å². The van der Waals surface area contributed by atoms with Crippen LogP contribution in [0, 0.1) is 0 Å². The minimum atomic E-state index is 0.874. The number of fused-ring (bicyclic) bond motifs is 14. The van der Waals surface area contributed by atoms with Gasteiger partial charge in [0.25, 0.3) is 0 Å². The Kier molecular flexibility index (Phi) is 7.53. The van der Waals surface area contributed by atoms with Gasteiger partial charge in [-0.25, -0.2) is 0 Å². The summed E-state index contributed by atoms with van der Waals surface area (Å²) >= 11 is 0. The van der Waals surface area contributed by atoms with Crippen molar-refractivity contribution in [3.05, 3.63) is 236 Å². The van der Waals surface area contributed by atoms with Crippen LogP contribution >= 0.6 is 0 Å². The smallest absolute Gasteiger partial charge is 0.159 e. The molecule has 3 heterocycles. The fourth-order valence-corrected chi connectivity index (χ4v) is 11.5. The molecular formula is C63H39N3O. The van der Waals surface area contributed by atoms with Crippen LogP contribution in [0.2, 0.25) is 0 Å². The first kappa shape index (κ1) is 36.5. The summed E-state index contributed by atoms with van der Waals surface area (Å²) in [6.07, 6.45) is 0.916. The van der Waals surface area contributed by atoms with Crippen LogP contribution in [-0.2, 0) is 6.42 Å². The summed E-state index contributed by atoms with van der Waals surface area (Å²) in [5, 5.41) is 12.1. The molecule has 0 bridgehead atoms. The Morgan fingerprint density at radius 2 is 0.896 bits per heavy atom. The van der Waals surface area contributed by atoms with E-state index in [2.05, 4.69) is 233 Å². The van der Waals surface area contributed by atoms with Crippen molar-refractivity contribution in [3.63, 3.8) is 0 Å². The molecule has 14 aromatic rings. The number of nitrogens with zero attached hydrogens (tertiary/aromatic N) is 3. The first-order chi connectivity index (χ1) is 33.2. The van der Waals surface area contributed by atoms with Gasteiger partial charge in [0.1, 0.15) is 5.58 Å². The lowest BCUT2D eigenvalue weighted by molar-refractivity contribution is 0.669. The zero-order chi connectivity index (χ0) is 43.7. The third-order valence-electron chi connectivity index (χ3n) is 14.4. The highest BCUT2D eigenvalue weighted by Crippen LogP contribution is 2.48. The first-order valence-corrected chi connectivity index (χ1v) is 23.1. The number of benzene rings is 11. The molecule has 1 aliphatic rings. The minimum absolute atomic E-state index is 0.874. The van der Waals surface area contributed by atoms with Crippen molar-refractivity contribution in [1.82, 2.24) is 4.40 Å². The summed E-state index contributed by atoms with van der Waals surface area (Å²) < 4.78 is 9.16. The third-order valence-corrected chi connectivity index (χ3v) is 14.4. The molecule has 67 heavy (non-hydrogen) atoms. The van der Waals surface area contributed by atoms with Crippen molar-refractivity contribution >= 4 is 116 Å². The fourth-order valence-electron chi connectivity index (χ4n) is 11.5. The lowest BCUT2D eigenvalue weighted by Gasteiger charge is -2.28. The van der Waals surface area contributed by atoms with E-state index in [0.29, 0.717) is 0 Å². The molecule has 4 nitrogen and oxygen atoms in total. The van der Waals surface area contributed by atoms with Crippen LogP contribution in [0.15, 0.2) is 229 Å². The van der Waals surface area contributed by atoms with Crippen molar-refractivity contribution in [3.8, 4) is 11.1 Å². The minimum Gasteiger partial charge on any atom is -0.454 e. The topological polar surface area (TPSA) is 24.0 Å². The van der Waals surface area contributed by atoms with Crippen molar-refractivity contribution < 1.29 is 4.42 Å². The second-order valence-electron chi connectivity index (χ2n) is 18.1. The van der Waals surface area contributed by atoms with Gasteiger partial charge < -0.3 is 18.6 Å². The van der Waals surface area contributed by atoms with Crippen LogP contribution in [0.1, 0.15) is 11.1 Å². The van der Waals surface area contributed by atoms with Gasteiger partial charge in [-0.1, -0.05) is 133 Å². The molecule has 1 aliphatic carbocycles. The Hall–Kier alpha value is -8.86. The summed E-state index contributed by atoms with van der Waals surface area (Å²) in [6, 6.07) is 82.2. The highest BCUT2D eigenvalue weighted by atomic mass is 16.3. The number of hydrogen-bond acceptors (Lipinski definition) is 3. The van der Waals surface area contributed by atoms with Gasteiger partial charge in [0.2, 0.25) is 0 Å². The lowest BCUT2D eigenvalue weighted by atomic mass is 10.0. The molecule has 0 fully saturated rings. The van der Waals surface area contributed by atoms with Gasteiger partial charge >= 0.3 is 0 Å². The van der Waals surface area contributed by atoms with Crippen molar-refractivity contribution in [2.24, 2.45) is 0 Å². The number of anilines is 6. The van der Waals surface area contributed by atoms with Gasteiger partial charge in [0.15, 0.2) is 5.58 Å². The summed E-state index contributed by atoms with van der Waals surface area (Å²) in [4.78, 5) is 4.78. The van der Waals surface area contributed by atoms with E-state index in [1.807, 2.05) is 6.07 Å². The summed E-state index contributed by atoms with van der Waals surface area (Å²) in [6.45, 7) is 0.